The third kappa shape index (κ3) is 2.94. The van der Waals surface area contributed by atoms with Crippen molar-refractivity contribution in [3.63, 3.8) is 0 Å². The maximum absolute atomic E-state index is 12.6. The Morgan fingerprint density at radius 3 is 2.90 bits per heavy atom. The van der Waals surface area contributed by atoms with Crippen molar-refractivity contribution in [1.29, 1.82) is 0 Å². The van der Waals surface area contributed by atoms with Gasteiger partial charge in [-0.2, -0.15) is 11.3 Å². The van der Waals surface area contributed by atoms with Gasteiger partial charge in [0.2, 0.25) is 0 Å². The summed E-state index contributed by atoms with van der Waals surface area (Å²) in [4.78, 5) is 18.4. The van der Waals surface area contributed by atoms with Gasteiger partial charge < -0.3 is 10.6 Å². The molecule has 2 heterocycles. The van der Waals surface area contributed by atoms with E-state index in [0.717, 1.165) is 18.4 Å². The monoisotopic (exact) mass is 307 g/mol. The van der Waals surface area contributed by atoms with Crippen molar-refractivity contribution in [3.8, 4) is 0 Å². The fourth-order valence-electron chi connectivity index (χ4n) is 2.14. The zero-order valence-corrected chi connectivity index (χ0v) is 12.3. The first-order chi connectivity index (χ1) is 9.63. The van der Waals surface area contributed by atoms with Gasteiger partial charge >= 0.3 is 0 Å². The van der Waals surface area contributed by atoms with Gasteiger partial charge in [-0.3, -0.25) is 4.79 Å². The summed E-state index contributed by atoms with van der Waals surface area (Å²) in [7, 11) is 0. The molecule has 0 atom stereocenters. The van der Waals surface area contributed by atoms with E-state index < -0.39 is 0 Å². The van der Waals surface area contributed by atoms with Crippen molar-refractivity contribution < 1.29 is 4.79 Å². The van der Waals surface area contributed by atoms with Crippen LogP contribution in [0.4, 0.5) is 5.82 Å². The third-order valence-electron chi connectivity index (χ3n) is 3.24. The molecule has 2 N–H and O–H groups in total. The first kappa shape index (κ1) is 13.4. The number of carbonyl (C=O) groups excluding carboxylic acids is 1. The molecule has 2 aromatic heterocycles. The van der Waals surface area contributed by atoms with Crippen molar-refractivity contribution in [3.05, 3.63) is 45.2 Å². The number of hydrogen-bond acceptors (Lipinski definition) is 4. The minimum Gasteiger partial charge on any atom is -0.384 e. The predicted molar refractivity (Wildman–Crippen MR) is 80.9 cm³/mol. The predicted octanol–water partition coefficient (Wildman–Crippen LogP) is 3.18. The van der Waals surface area contributed by atoms with Gasteiger partial charge in [0, 0.05) is 18.2 Å². The Labute approximate surface area is 126 Å². The maximum atomic E-state index is 12.6. The zero-order valence-electron chi connectivity index (χ0n) is 10.8. The van der Waals surface area contributed by atoms with Crippen LogP contribution in [0, 0.1) is 0 Å². The van der Waals surface area contributed by atoms with E-state index in [2.05, 4.69) is 10.4 Å². The molecule has 3 rings (SSSR count). The summed E-state index contributed by atoms with van der Waals surface area (Å²) in [5, 5.41) is 4.34. The maximum Gasteiger partial charge on any atom is 0.254 e. The number of amides is 1. The molecular weight excluding hydrogens is 294 g/mol. The Hall–Kier alpha value is -1.59. The minimum atomic E-state index is -0.0327. The van der Waals surface area contributed by atoms with Gasteiger partial charge in [0.25, 0.3) is 5.91 Å². The van der Waals surface area contributed by atoms with Crippen LogP contribution in [0.25, 0.3) is 0 Å². The van der Waals surface area contributed by atoms with E-state index in [4.69, 9.17) is 17.3 Å². The van der Waals surface area contributed by atoms with Crippen LogP contribution in [0.1, 0.15) is 28.8 Å². The van der Waals surface area contributed by atoms with Gasteiger partial charge in [-0.05, 0) is 47.4 Å². The fourth-order valence-corrected chi connectivity index (χ4v) is 3.01. The number of nitrogens with two attached hydrogens (primary N) is 1. The lowest BCUT2D eigenvalue weighted by molar-refractivity contribution is 0.0730. The number of thiophene rings is 1. The number of nitrogens with zero attached hydrogens (tertiary/aromatic N) is 2. The van der Waals surface area contributed by atoms with E-state index in [1.165, 1.54) is 0 Å². The summed E-state index contributed by atoms with van der Waals surface area (Å²) >= 11 is 7.51. The first-order valence-electron chi connectivity index (χ1n) is 6.38. The molecule has 20 heavy (non-hydrogen) atoms. The SMILES string of the molecule is Nc1cc(C(=O)N(Cc2ccsc2)C2CC2)cc(Cl)n1. The molecule has 0 aliphatic heterocycles. The zero-order chi connectivity index (χ0) is 14.1. The van der Waals surface area contributed by atoms with E-state index >= 15 is 0 Å². The molecule has 0 bridgehead atoms. The number of nitrogen functional groups attached to an aromatic ring is 1. The van der Waals surface area contributed by atoms with Gasteiger partial charge in [0.05, 0.1) is 0 Å². The summed E-state index contributed by atoms with van der Waals surface area (Å²) in [6, 6.07) is 5.53. The normalized spacial score (nSPS) is 14.2. The number of pyridine rings is 1. The number of halogens is 1. The molecule has 1 fully saturated rings. The molecule has 2 aromatic rings. The largest absolute Gasteiger partial charge is 0.384 e. The average Bonchev–Trinajstić information content (AvgIpc) is 3.11. The lowest BCUT2D eigenvalue weighted by Gasteiger charge is -2.22. The summed E-state index contributed by atoms with van der Waals surface area (Å²) in [6.07, 6.45) is 2.12. The first-order valence-corrected chi connectivity index (χ1v) is 7.70. The van der Waals surface area contributed by atoms with Crippen LogP contribution in [0.2, 0.25) is 5.15 Å². The molecular formula is C14H14ClN3OS. The number of rotatable bonds is 4. The van der Waals surface area contributed by atoms with Crippen molar-refractivity contribution in [2.75, 3.05) is 5.73 Å². The third-order valence-corrected chi connectivity index (χ3v) is 4.17. The van der Waals surface area contributed by atoms with Gasteiger partial charge in [0.1, 0.15) is 11.0 Å². The number of carbonyl (C=O) groups is 1. The second-order valence-corrected chi connectivity index (χ2v) is 6.07. The number of hydrogen-bond donors (Lipinski definition) is 1. The average molecular weight is 308 g/mol. The van der Waals surface area contributed by atoms with Crippen molar-refractivity contribution >= 4 is 34.7 Å². The van der Waals surface area contributed by atoms with Crippen LogP contribution in [0.15, 0.2) is 29.0 Å². The second kappa shape index (κ2) is 5.42. The molecule has 0 spiro atoms. The topological polar surface area (TPSA) is 59.2 Å². The van der Waals surface area contributed by atoms with Crippen LogP contribution in [-0.2, 0) is 6.54 Å². The highest BCUT2D eigenvalue weighted by Gasteiger charge is 2.33. The highest BCUT2D eigenvalue weighted by Crippen LogP contribution is 2.30. The molecule has 6 heteroatoms. The summed E-state index contributed by atoms with van der Waals surface area (Å²) in [5.74, 6) is 0.238. The Balaban J connectivity index is 1.85. The van der Waals surface area contributed by atoms with Crippen LogP contribution in [0.3, 0.4) is 0 Å². The molecule has 0 unspecified atom stereocenters. The quantitative estimate of drug-likeness (QED) is 0.883. The lowest BCUT2D eigenvalue weighted by Crippen LogP contribution is -2.32. The molecule has 1 aliphatic rings. The van der Waals surface area contributed by atoms with E-state index in [1.807, 2.05) is 16.3 Å². The van der Waals surface area contributed by atoms with Gasteiger partial charge in [-0.1, -0.05) is 11.6 Å². The van der Waals surface area contributed by atoms with Crippen molar-refractivity contribution in [1.82, 2.24) is 9.88 Å². The minimum absolute atomic E-state index is 0.0327. The summed E-state index contributed by atoms with van der Waals surface area (Å²) in [5.41, 5.74) is 7.32. The molecule has 1 aliphatic carbocycles. The summed E-state index contributed by atoms with van der Waals surface area (Å²) < 4.78 is 0. The standard InChI is InChI=1S/C14H14ClN3OS/c15-12-5-10(6-13(16)17-12)14(19)18(11-1-2-11)7-9-3-4-20-8-9/h3-6,8,11H,1-2,7H2,(H2,16,17). The molecule has 104 valence electrons. The van der Waals surface area contributed by atoms with Crippen LogP contribution in [-0.4, -0.2) is 21.8 Å². The molecule has 1 amide bonds. The second-order valence-electron chi connectivity index (χ2n) is 4.90. The molecule has 0 radical (unpaired) electrons. The van der Waals surface area contributed by atoms with Crippen LogP contribution < -0.4 is 5.73 Å². The van der Waals surface area contributed by atoms with Crippen molar-refractivity contribution in [2.24, 2.45) is 0 Å². The van der Waals surface area contributed by atoms with E-state index in [0.29, 0.717) is 18.2 Å². The Morgan fingerprint density at radius 2 is 2.30 bits per heavy atom. The smallest absolute Gasteiger partial charge is 0.254 e. The van der Waals surface area contributed by atoms with Gasteiger partial charge in [-0.25, -0.2) is 4.98 Å². The lowest BCUT2D eigenvalue weighted by atomic mass is 10.2. The molecule has 1 saturated carbocycles. The number of aromatic nitrogens is 1. The Kier molecular flexibility index (Phi) is 3.63. The Morgan fingerprint density at radius 1 is 1.50 bits per heavy atom. The van der Waals surface area contributed by atoms with Crippen molar-refractivity contribution in [2.45, 2.75) is 25.4 Å². The highest BCUT2D eigenvalue weighted by molar-refractivity contribution is 7.07. The Bertz CT molecular complexity index is 605. The van der Waals surface area contributed by atoms with E-state index in [-0.39, 0.29) is 16.9 Å². The molecule has 0 aromatic carbocycles. The van der Waals surface area contributed by atoms with E-state index in [1.54, 1.807) is 23.5 Å². The van der Waals surface area contributed by atoms with Gasteiger partial charge in [-0.15, -0.1) is 0 Å². The number of anilines is 1. The van der Waals surface area contributed by atoms with Crippen LogP contribution >= 0.6 is 22.9 Å². The van der Waals surface area contributed by atoms with E-state index in [9.17, 15) is 4.79 Å². The van der Waals surface area contributed by atoms with Gasteiger partial charge in [0.15, 0.2) is 0 Å². The molecule has 4 nitrogen and oxygen atoms in total. The fraction of sp³-hybridized carbons (Fsp3) is 0.286. The molecule has 0 saturated heterocycles. The van der Waals surface area contributed by atoms with Crippen LogP contribution in [0.5, 0.6) is 0 Å². The highest BCUT2D eigenvalue weighted by atomic mass is 35.5. The summed E-state index contributed by atoms with van der Waals surface area (Å²) in [6.45, 7) is 0.632.